The average Bonchev–Trinajstić information content (AvgIpc) is 3.20. The number of aryl methyl sites for hydroxylation is 1. The molecule has 1 atom stereocenters. The van der Waals surface area contributed by atoms with E-state index in [4.69, 9.17) is 4.74 Å². The lowest BCUT2D eigenvalue weighted by Gasteiger charge is -2.16. The second-order valence-corrected chi connectivity index (χ2v) is 7.77. The first kappa shape index (κ1) is 19.1. The number of fused-ring (bicyclic) bond motifs is 1. The van der Waals surface area contributed by atoms with E-state index in [0.717, 1.165) is 21.3 Å². The van der Waals surface area contributed by atoms with Gasteiger partial charge in [0.1, 0.15) is 10.8 Å². The van der Waals surface area contributed by atoms with Crippen LogP contribution in [0.15, 0.2) is 66.7 Å². The third-order valence-electron chi connectivity index (χ3n) is 4.62. The zero-order valence-electron chi connectivity index (χ0n) is 16.3. The van der Waals surface area contributed by atoms with E-state index in [9.17, 15) is 4.79 Å². The summed E-state index contributed by atoms with van der Waals surface area (Å²) >= 11 is 1.35. The summed E-state index contributed by atoms with van der Waals surface area (Å²) in [6.07, 6.45) is -0.0645. The van der Waals surface area contributed by atoms with Crippen molar-refractivity contribution in [3.05, 3.63) is 72.3 Å². The van der Waals surface area contributed by atoms with Crippen LogP contribution in [-0.4, -0.2) is 22.2 Å². The fourth-order valence-electron chi connectivity index (χ4n) is 3.00. The van der Waals surface area contributed by atoms with Crippen molar-refractivity contribution < 1.29 is 9.53 Å². The first-order valence-corrected chi connectivity index (χ1v) is 10.3. The molecule has 0 saturated carbocycles. The van der Waals surface area contributed by atoms with Crippen LogP contribution < -0.4 is 10.1 Å². The number of carbonyl (C=O) groups excluding carboxylic acids is 1. The van der Waals surface area contributed by atoms with Crippen molar-refractivity contribution in [1.29, 1.82) is 0 Å². The van der Waals surface area contributed by atoms with Crippen molar-refractivity contribution in [2.75, 3.05) is 5.32 Å². The van der Waals surface area contributed by atoms with Gasteiger partial charge in [0.05, 0.1) is 0 Å². The van der Waals surface area contributed by atoms with E-state index in [1.807, 2.05) is 80.6 Å². The van der Waals surface area contributed by atoms with Gasteiger partial charge in [-0.05, 0) is 36.2 Å². The van der Waals surface area contributed by atoms with Crippen LogP contribution in [0.2, 0.25) is 0 Å². The van der Waals surface area contributed by atoms with E-state index in [0.29, 0.717) is 17.3 Å². The Morgan fingerprint density at radius 2 is 1.79 bits per heavy atom. The van der Waals surface area contributed by atoms with E-state index in [1.165, 1.54) is 16.9 Å². The number of aromatic nitrogens is 2. The molecule has 4 aromatic rings. The van der Waals surface area contributed by atoms with Crippen LogP contribution >= 0.6 is 11.3 Å². The number of rotatable bonds is 6. The van der Waals surface area contributed by atoms with Gasteiger partial charge in [-0.15, -0.1) is 10.2 Å². The molecule has 1 N–H and O–H groups in total. The van der Waals surface area contributed by atoms with Gasteiger partial charge in [0.15, 0.2) is 6.10 Å². The molecule has 1 heterocycles. The number of ether oxygens (including phenoxy) is 1. The van der Waals surface area contributed by atoms with E-state index in [1.54, 1.807) is 0 Å². The normalized spacial score (nSPS) is 11.9. The molecule has 0 aliphatic rings. The molecule has 0 spiro atoms. The van der Waals surface area contributed by atoms with E-state index < -0.39 is 6.10 Å². The maximum Gasteiger partial charge on any atom is 0.267 e. The number of anilines is 1. The molecule has 0 saturated heterocycles. The van der Waals surface area contributed by atoms with E-state index >= 15 is 0 Å². The molecule has 29 heavy (non-hydrogen) atoms. The van der Waals surface area contributed by atoms with Crippen molar-refractivity contribution in [2.24, 2.45) is 0 Å². The summed E-state index contributed by atoms with van der Waals surface area (Å²) in [5, 5.41) is 14.6. The van der Waals surface area contributed by atoms with Crippen molar-refractivity contribution in [3.8, 4) is 16.3 Å². The molecule has 5 nitrogen and oxygen atoms in total. The zero-order chi connectivity index (χ0) is 20.2. The van der Waals surface area contributed by atoms with Crippen LogP contribution in [0.3, 0.4) is 0 Å². The van der Waals surface area contributed by atoms with E-state index in [2.05, 4.69) is 15.5 Å². The molecule has 0 aliphatic carbocycles. The number of hydrogen-bond acceptors (Lipinski definition) is 5. The van der Waals surface area contributed by atoms with Gasteiger partial charge < -0.3 is 4.74 Å². The van der Waals surface area contributed by atoms with Crippen LogP contribution in [0.1, 0.15) is 18.9 Å². The van der Waals surface area contributed by atoms with Crippen LogP contribution in [0.4, 0.5) is 5.13 Å². The Morgan fingerprint density at radius 1 is 1.03 bits per heavy atom. The summed E-state index contributed by atoms with van der Waals surface area (Å²) in [7, 11) is 0. The molecule has 0 bridgehead atoms. The number of benzene rings is 3. The Bertz CT molecular complexity index is 1140. The number of nitrogens with one attached hydrogen (secondary N) is 1. The molecule has 0 unspecified atom stereocenters. The van der Waals surface area contributed by atoms with Crippen molar-refractivity contribution >= 4 is 33.1 Å². The molecule has 1 aromatic heterocycles. The third kappa shape index (κ3) is 4.43. The molecular weight excluding hydrogens is 382 g/mol. The number of hydrogen-bond donors (Lipinski definition) is 1. The summed E-state index contributed by atoms with van der Waals surface area (Å²) in [5.74, 6) is 0.440. The Morgan fingerprint density at radius 3 is 2.55 bits per heavy atom. The lowest BCUT2D eigenvalue weighted by Crippen LogP contribution is -2.32. The number of amides is 1. The molecule has 0 aliphatic heterocycles. The Balaban J connectivity index is 1.45. The van der Waals surface area contributed by atoms with Crippen LogP contribution in [-0.2, 0) is 4.79 Å². The fourth-order valence-corrected chi connectivity index (χ4v) is 3.75. The maximum atomic E-state index is 12.7. The van der Waals surface area contributed by atoms with Gasteiger partial charge in [0, 0.05) is 5.56 Å². The van der Waals surface area contributed by atoms with Gasteiger partial charge in [-0.3, -0.25) is 10.1 Å². The largest absolute Gasteiger partial charge is 0.481 e. The summed E-state index contributed by atoms with van der Waals surface area (Å²) < 4.78 is 5.95. The summed E-state index contributed by atoms with van der Waals surface area (Å²) in [6, 6.07) is 21.9. The highest BCUT2D eigenvalue weighted by Gasteiger charge is 2.20. The minimum atomic E-state index is -0.608. The van der Waals surface area contributed by atoms with Gasteiger partial charge in [-0.1, -0.05) is 78.4 Å². The molecule has 3 aromatic carbocycles. The monoisotopic (exact) mass is 403 g/mol. The van der Waals surface area contributed by atoms with Gasteiger partial charge in [-0.25, -0.2) is 0 Å². The lowest BCUT2D eigenvalue weighted by atomic mass is 10.1. The molecule has 0 radical (unpaired) electrons. The molecular formula is C23H21N3O2S. The standard InChI is InChI=1S/C23H21N3O2S/c1-3-20(28-19-13-12-16-6-4-5-7-18(16)14-19)21(27)24-23-26-25-22(29-23)17-10-8-15(2)9-11-17/h4-14,20H,3H2,1-2H3,(H,24,26,27)/t20-/m1/s1. The Kier molecular flexibility index (Phi) is 5.53. The smallest absolute Gasteiger partial charge is 0.267 e. The predicted octanol–water partition coefficient (Wildman–Crippen LogP) is 5.46. The first-order chi connectivity index (χ1) is 14.1. The minimum absolute atomic E-state index is 0.229. The summed E-state index contributed by atoms with van der Waals surface area (Å²) in [6.45, 7) is 3.96. The Labute approximate surface area is 173 Å². The molecule has 4 rings (SSSR count). The van der Waals surface area contributed by atoms with Crippen LogP contribution in [0.25, 0.3) is 21.3 Å². The quantitative estimate of drug-likeness (QED) is 0.464. The SMILES string of the molecule is CC[C@@H](Oc1ccc2ccccc2c1)C(=O)Nc1nnc(-c2ccc(C)cc2)s1. The highest BCUT2D eigenvalue weighted by atomic mass is 32.1. The number of carbonyl (C=O) groups is 1. The van der Waals surface area contributed by atoms with Gasteiger partial charge >= 0.3 is 0 Å². The molecule has 1 amide bonds. The van der Waals surface area contributed by atoms with Crippen molar-refractivity contribution in [3.63, 3.8) is 0 Å². The second-order valence-electron chi connectivity index (χ2n) is 6.79. The van der Waals surface area contributed by atoms with Crippen molar-refractivity contribution in [2.45, 2.75) is 26.4 Å². The topological polar surface area (TPSA) is 64.1 Å². The van der Waals surface area contributed by atoms with Gasteiger partial charge in [0.25, 0.3) is 5.91 Å². The van der Waals surface area contributed by atoms with Crippen LogP contribution in [0.5, 0.6) is 5.75 Å². The van der Waals surface area contributed by atoms with E-state index in [-0.39, 0.29) is 5.91 Å². The highest BCUT2D eigenvalue weighted by molar-refractivity contribution is 7.18. The third-order valence-corrected chi connectivity index (χ3v) is 5.50. The molecule has 146 valence electrons. The fraction of sp³-hybridized carbons (Fsp3) is 0.174. The second kappa shape index (κ2) is 8.41. The summed E-state index contributed by atoms with van der Waals surface area (Å²) in [4.78, 5) is 12.7. The Hall–Kier alpha value is -3.25. The first-order valence-electron chi connectivity index (χ1n) is 9.49. The van der Waals surface area contributed by atoms with Gasteiger partial charge in [-0.2, -0.15) is 0 Å². The van der Waals surface area contributed by atoms with Crippen LogP contribution in [0, 0.1) is 6.92 Å². The van der Waals surface area contributed by atoms with Gasteiger partial charge in [0.2, 0.25) is 5.13 Å². The maximum absolute atomic E-state index is 12.7. The molecule has 0 fully saturated rings. The van der Waals surface area contributed by atoms with Crippen molar-refractivity contribution in [1.82, 2.24) is 10.2 Å². The zero-order valence-corrected chi connectivity index (χ0v) is 17.1. The molecule has 6 heteroatoms. The lowest BCUT2D eigenvalue weighted by molar-refractivity contribution is -0.122. The minimum Gasteiger partial charge on any atom is -0.481 e. The highest BCUT2D eigenvalue weighted by Crippen LogP contribution is 2.27. The average molecular weight is 404 g/mol. The summed E-state index contributed by atoms with van der Waals surface area (Å²) in [5.41, 5.74) is 2.16. The number of nitrogens with zero attached hydrogens (tertiary/aromatic N) is 2. The predicted molar refractivity (Wildman–Crippen MR) is 117 cm³/mol.